The minimum atomic E-state index is 0. The van der Waals surface area contributed by atoms with E-state index in [0.717, 1.165) is 51.0 Å². The lowest BCUT2D eigenvalue weighted by atomic mass is 9.98. The minimum Gasteiger partial charge on any atom is -0.488 e. The van der Waals surface area contributed by atoms with Crippen molar-refractivity contribution < 1.29 is 4.74 Å². The summed E-state index contributed by atoms with van der Waals surface area (Å²) < 4.78 is 6.20. The monoisotopic (exact) mass is 477 g/mol. The molecule has 0 aliphatic carbocycles. The van der Waals surface area contributed by atoms with Crippen LogP contribution in [0.3, 0.4) is 0 Å². The molecule has 2 aromatic heterocycles. The van der Waals surface area contributed by atoms with E-state index in [-0.39, 0.29) is 12.4 Å². The van der Waals surface area contributed by atoms with Crippen LogP contribution in [0.25, 0.3) is 33.4 Å². The molecule has 0 amide bonds. The van der Waals surface area contributed by atoms with E-state index in [9.17, 15) is 0 Å². The van der Waals surface area contributed by atoms with Crippen molar-refractivity contribution in [3.63, 3.8) is 0 Å². The zero-order chi connectivity index (χ0) is 21.9. The Morgan fingerprint density at radius 1 is 0.939 bits per heavy atom. The van der Waals surface area contributed by atoms with Crippen LogP contribution in [0.1, 0.15) is 18.2 Å². The molecule has 2 heterocycles. The lowest BCUT2D eigenvalue weighted by Gasteiger charge is -2.12. The smallest absolute Gasteiger partial charge is 0.205 e. The number of nitrogens with one attached hydrogen (secondary N) is 1. The number of tetrazole rings is 1. The van der Waals surface area contributed by atoms with Crippen molar-refractivity contribution in [1.82, 2.24) is 25.6 Å². The molecule has 0 aliphatic rings. The summed E-state index contributed by atoms with van der Waals surface area (Å²) in [7, 11) is 0. The first-order valence-corrected chi connectivity index (χ1v) is 10.7. The molecule has 0 unspecified atom stereocenters. The molecule has 0 saturated carbocycles. The Bertz CT molecular complexity index is 1370. The number of aromatic nitrogens is 5. The summed E-state index contributed by atoms with van der Waals surface area (Å²) in [6, 6.07) is 24.0. The predicted molar refractivity (Wildman–Crippen MR) is 133 cm³/mol. The number of hydrogen-bond acceptors (Lipinski definition) is 5. The van der Waals surface area contributed by atoms with E-state index < -0.39 is 0 Å². The van der Waals surface area contributed by atoms with Gasteiger partial charge in [0.25, 0.3) is 0 Å². The second kappa shape index (κ2) is 9.98. The van der Waals surface area contributed by atoms with Crippen LogP contribution in [0, 0.1) is 0 Å². The average molecular weight is 478 g/mol. The summed E-state index contributed by atoms with van der Waals surface area (Å²) in [6.07, 6.45) is 0.827. The predicted octanol–water partition coefficient (Wildman–Crippen LogP) is 6.30. The van der Waals surface area contributed by atoms with Gasteiger partial charge in [-0.15, -0.1) is 22.6 Å². The maximum atomic E-state index is 6.20. The highest BCUT2D eigenvalue weighted by Crippen LogP contribution is 2.31. The molecule has 5 aromatic rings. The first-order chi connectivity index (χ1) is 15.7. The van der Waals surface area contributed by atoms with Gasteiger partial charge in [0.1, 0.15) is 12.4 Å². The lowest BCUT2D eigenvalue weighted by Crippen LogP contribution is -1.99. The molecular formula is C25H21Cl2N5O. The topological polar surface area (TPSA) is 76.6 Å². The van der Waals surface area contributed by atoms with Crippen LogP contribution in [0.5, 0.6) is 5.75 Å². The average Bonchev–Trinajstić information content (AvgIpc) is 3.37. The molecule has 6 nitrogen and oxygen atoms in total. The molecule has 1 N–H and O–H groups in total. The molecule has 166 valence electrons. The molecule has 33 heavy (non-hydrogen) atoms. The Labute approximate surface area is 202 Å². The van der Waals surface area contributed by atoms with Gasteiger partial charge < -0.3 is 4.74 Å². The summed E-state index contributed by atoms with van der Waals surface area (Å²) in [5, 5.41) is 16.0. The van der Waals surface area contributed by atoms with Crippen LogP contribution < -0.4 is 4.74 Å². The van der Waals surface area contributed by atoms with E-state index in [4.69, 9.17) is 16.3 Å². The number of nitrogens with zero attached hydrogens (tertiary/aromatic N) is 4. The van der Waals surface area contributed by atoms with E-state index in [1.54, 1.807) is 0 Å². The van der Waals surface area contributed by atoms with E-state index in [1.807, 2.05) is 42.5 Å². The molecule has 0 fully saturated rings. The molecule has 8 heteroatoms. The number of halogens is 2. The summed E-state index contributed by atoms with van der Waals surface area (Å²) in [5.74, 6) is 1.39. The molecule has 5 rings (SSSR count). The zero-order valence-corrected chi connectivity index (χ0v) is 19.4. The maximum absolute atomic E-state index is 6.20. The fourth-order valence-electron chi connectivity index (χ4n) is 3.67. The van der Waals surface area contributed by atoms with Gasteiger partial charge >= 0.3 is 0 Å². The molecular weight excluding hydrogens is 457 g/mol. The number of benzene rings is 3. The third-order valence-electron chi connectivity index (χ3n) is 5.32. The number of ether oxygens (including phenoxy) is 1. The van der Waals surface area contributed by atoms with Crippen molar-refractivity contribution in [3.05, 3.63) is 89.1 Å². The third-order valence-corrected chi connectivity index (χ3v) is 5.56. The van der Waals surface area contributed by atoms with E-state index >= 15 is 0 Å². The highest BCUT2D eigenvalue weighted by atomic mass is 35.5. The highest BCUT2D eigenvalue weighted by molar-refractivity contribution is 6.31. The van der Waals surface area contributed by atoms with E-state index in [0.29, 0.717) is 17.5 Å². The first kappa shape index (κ1) is 22.7. The Hall–Kier alpha value is -3.48. The molecule has 0 spiro atoms. The SMILES string of the molecule is CCc1cc(OCc2ccc(-c3ccccc3-c3nn[nH]n3)cc2)c2ccc(Cl)cc2n1.Cl. The van der Waals surface area contributed by atoms with Crippen molar-refractivity contribution in [3.8, 4) is 28.3 Å². The minimum absolute atomic E-state index is 0. The number of aromatic amines is 1. The van der Waals surface area contributed by atoms with Crippen LogP contribution >= 0.6 is 24.0 Å². The van der Waals surface area contributed by atoms with Gasteiger partial charge in [0.2, 0.25) is 5.82 Å². The Morgan fingerprint density at radius 3 is 2.45 bits per heavy atom. The largest absolute Gasteiger partial charge is 0.488 e. The Kier molecular flexibility index (Phi) is 6.87. The first-order valence-electron chi connectivity index (χ1n) is 10.4. The number of hydrogen-bond donors (Lipinski definition) is 1. The molecule has 0 bridgehead atoms. The van der Waals surface area contributed by atoms with Gasteiger partial charge in [0.15, 0.2) is 0 Å². The maximum Gasteiger partial charge on any atom is 0.205 e. The van der Waals surface area contributed by atoms with Crippen molar-refractivity contribution in [2.24, 2.45) is 0 Å². The Morgan fingerprint density at radius 2 is 1.73 bits per heavy atom. The summed E-state index contributed by atoms with van der Waals surface area (Å²) >= 11 is 6.15. The van der Waals surface area contributed by atoms with Crippen LogP contribution in [0.4, 0.5) is 0 Å². The summed E-state index contributed by atoms with van der Waals surface area (Å²) in [4.78, 5) is 4.66. The summed E-state index contributed by atoms with van der Waals surface area (Å²) in [6.45, 7) is 2.53. The van der Waals surface area contributed by atoms with Gasteiger partial charge in [0, 0.05) is 27.7 Å². The van der Waals surface area contributed by atoms with Crippen molar-refractivity contribution in [2.45, 2.75) is 20.0 Å². The zero-order valence-electron chi connectivity index (χ0n) is 17.8. The second-order valence-electron chi connectivity index (χ2n) is 7.39. The van der Waals surface area contributed by atoms with Gasteiger partial charge in [-0.05, 0) is 46.5 Å². The summed E-state index contributed by atoms with van der Waals surface area (Å²) in [5.41, 5.74) is 5.95. The van der Waals surface area contributed by atoms with Gasteiger partial charge in [-0.1, -0.05) is 67.1 Å². The molecule has 0 radical (unpaired) electrons. The number of aryl methyl sites for hydroxylation is 1. The van der Waals surface area contributed by atoms with Crippen LogP contribution in [-0.2, 0) is 13.0 Å². The van der Waals surface area contributed by atoms with Gasteiger partial charge in [-0.2, -0.15) is 5.21 Å². The third kappa shape index (κ3) is 4.82. The van der Waals surface area contributed by atoms with Crippen LogP contribution in [-0.4, -0.2) is 25.6 Å². The van der Waals surface area contributed by atoms with Crippen molar-refractivity contribution in [1.29, 1.82) is 0 Å². The van der Waals surface area contributed by atoms with Gasteiger partial charge in [-0.25, -0.2) is 0 Å². The van der Waals surface area contributed by atoms with E-state index in [2.05, 4.69) is 62.9 Å². The quantitative estimate of drug-likeness (QED) is 0.310. The molecule has 0 atom stereocenters. The number of H-pyrrole nitrogens is 1. The van der Waals surface area contributed by atoms with Crippen LogP contribution in [0.2, 0.25) is 5.02 Å². The standard InChI is InChI=1S/C25H20ClN5O.ClH/c1-2-19-14-24(22-12-11-18(26)13-23(22)27-19)32-15-16-7-9-17(10-8-16)20-5-3-4-6-21(20)25-28-30-31-29-25;/h3-14H,2,15H2,1H3,(H,28,29,30,31);1H. The molecule has 0 saturated heterocycles. The fourth-order valence-corrected chi connectivity index (χ4v) is 3.84. The number of fused-ring (bicyclic) bond motifs is 1. The number of pyridine rings is 1. The highest BCUT2D eigenvalue weighted by Gasteiger charge is 2.11. The molecule has 0 aliphatic heterocycles. The van der Waals surface area contributed by atoms with Crippen LogP contribution in [0.15, 0.2) is 72.8 Å². The second-order valence-corrected chi connectivity index (χ2v) is 7.83. The fraction of sp³-hybridized carbons (Fsp3) is 0.120. The Balaban J connectivity index is 0.00000259. The van der Waals surface area contributed by atoms with Gasteiger partial charge in [0.05, 0.1) is 5.52 Å². The van der Waals surface area contributed by atoms with E-state index in [1.165, 1.54) is 0 Å². The van der Waals surface area contributed by atoms with Crippen molar-refractivity contribution >= 4 is 34.9 Å². The lowest BCUT2D eigenvalue weighted by molar-refractivity contribution is 0.309. The van der Waals surface area contributed by atoms with Crippen molar-refractivity contribution in [2.75, 3.05) is 0 Å². The van der Waals surface area contributed by atoms with Gasteiger partial charge in [-0.3, -0.25) is 4.98 Å². The number of rotatable bonds is 6. The normalized spacial score (nSPS) is 10.7. The molecule has 3 aromatic carbocycles.